The number of benzene rings is 1. The molecule has 226 valence electrons. The van der Waals surface area contributed by atoms with E-state index in [4.69, 9.17) is 9.72 Å². The van der Waals surface area contributed by atoms with Gasteiger partial charge >= 0.3 is 0 Å². The maximum atomic E-state index is 13.3. The molecule has 1 N–H and O–H groups in total. The first-order valence-electron chi connectivity index (χ1n) is 15.0. The van der Waals surface area contributed by atoms with Crippen molar-refractivity contribution >= 4 is 28.4 Å². The van der Waals surface area contributed by atoms with Gasteiger partial charge in [-0.25, -0.2) is 19.0 Å². The molecule has 0 radical (unpaired) electrons. The molecule has 0 unspecified atom stereocenters. The molecule has 12 nitrogen and oxygen atoms in total. The lowest BCUT2D eigenvalue weighted by molar-refractivity contribution is 0.0115. The Labute approximate surface area is 250 Å². The fraction of sp³-hybridized carbons (Fsp3) is 0.452. The van der Waals surface area contributed by atoms with Crippen molar-refractivity contribution in [3.8, 4) is 5.82 Å². The Balaban J connectivity index is 1.26. The van der Waals surface area contributed by atoms with E-state index in [2.05, 4.69) is 50.8 Å². The summed E-state index contributed by atoms with van der Waals surface area (Å²) in [6, 6.07) is 9.83. The molecule has 2 aliphatic heterocycles. The van der Waals surface area contributed by atoms with Gasteiger partial charge in [0.05, 0.1) is 25.8 Å². The van der Waals surface area contributed by atoms with Gasteiger partial charge in [-0.15, -0.1) is 11.7 Å². The predicted octanol–water partition coefficient (Wildman–Crippen LogP) is 3.26. The van der Waals surface area contributed by atoms with E-state index >= 15 is 0 Å². The fourth-order valence-electron chi connectivity index (χ4n) is 6.14. The van der Waals surface area contributed by atoms with Crippen molar-refractivity contribution in [3.05, 3.63) is 75.5 Å². The zero-order valence-corrected chi connectivity index (χ0v) is 25.1. The third-order valence-corrected chi connectivity index (χ3v) is 8.31. The Kier molecular flexibility index (Phi) is 8.13. The average Bonchev–Trinajstić information content (AvgIpc) is 3.28. The van der Waals surface area contributed by atoms with Gasteiger partial charge in [-0.05, 0) is 63.4 Å². The third-order valence-electron chi connectivity index (χ3n) is 8.31. The number of nitrogens with one attached hydrogen (secondary N) is 1. The highest BCUT2D eigenvalue weighted by molar-refractivity contribution is 5.77. The molecule has 6 rings (SSSR count). The highest BCUT2D eigenvalue weighted by Gasteiger charge is 2.26. The molecule has 4 aromatic rings. The molecule has 0 bridgehead atoms. The number of aromatic nitrogens is 6. The van der Waals surface area contributed by atoms with Gasteiger partial charge in [0.15, 0.2) is 11.5 Å². The molecular weight excluding hydrogens is 546 g/mol. The van der Waals surface area contributed by atoms with Crippen LogP contribution in [0.15, 0.2) is 58.8 Å². The van der Waals surface area contributed by atoms with Crippen LogP contribution in [-0.4, -0.2) is 79.4 Å². The number of allylic oxidation sites excluding steroid dienone is 1. The molecule has 2 saturated heterocycles. The summed E-state index contributed by atoms with van der Waals surface area (Å²) in [7, 11) is 0. The number of fused-ring (bicyclic) bond motifs is 1. The molecule has 0 amide bonds. The smallest absolute Gasteiger partial charge is 0.278 e. The van der Waals surface area contributed by atoms with E-state index in [9.17, 15) is 9.59 Å². The van der Waals surface area contributed by atoms with Crippen molar-refractivity contribution in [1.82, 2.24) is 34.0 Å². The minimum Gasteiger partial charge on any atom is -0.379 e. The second kappa shape index (κ2) is 12.1. The Morgan fingerprint density at radius 3 is 2.56 bits per heavy atom. The van der Waals surface area contributed by atoms with Crippen LogP contribution < -0.4 is 21.3 Å². The molecule has 0 aliphatic carbocycles. The second-order valence-corrected chi connectivity index (χ2v) is 11.5. The van der Waals surface area contributed by atoms with Crippen LogP contribution in [0, 0.1) is 6.92 Å². The molecule has 0 spiro atoms. The van der Waals surface area contributed by atoms with Crippen molar-refractivity contribution in [3.63, 3.8) is 0 Å². The van der Waals surface area contributed by atoms with E-state index in [0.717, 1.165) is 57.9 Å². The van der Waals surface area contributed by atoms with Gasteiger partial charge in [0.1, 0.15) is 5.39 Å². The van der Waals surface area contributed by atoms with Crippen molar-refractivity contribution in [2.45, 2.75) is 52.2 Å². The summed E-state index contributed by atoms with van der Waals surface area (Å²) in [6.07, 6.45) is 5.48. The summed E-state index contributed by atoms with van der Waals surface area (Å²) in [4.78, 5) is 39.9. The Morgan fingerprint density at radius 2 is 1.86 bits per heavy atom. The van der Waals surface area contributed by atoms with Gasteiger partial charge in [-0.2, -0.15) is 4.98 Å². The standard InChI is InChI=1S/C31H39N9O3/c1-5-12-38-30(42)25-20-32-31(34-29(25)40(38)27-8-9-28(41)39(35-27)21(2)3)33-23-6-7-26(22(4)19-23)37-13-10-24(11-14-37)36-15-17-43-18-16-36/h5-9,19-21,24H,1,10-18H2,2-4H3,(H,32,33,34). The zero-order chi connectivity index (χ0) is 30.1. The minimum absolute atomic E-state index is 0.150. The van der Waals surface area contributed by atoms with Gasteiger partial charge in [0.25, 0.3) is 11.1 Å². The summed E-state index contributed by atoms with van der Waals surface area (Å²) in [5.41, 5.74) is 3.18. The zero-order valence-electron chi connectivity index (χ0n) is 25.1. The van der Waals surface area contributed by atoms with Crippen LogP contribution >= 0.6 is 0 Å². The summed E-state index contributed by atoms with van der Waals surface area (Å²) < 4.78 is 10.0. The monoisotopic (exact) mass is 585 g/mol. The van der Waals surface area contributed by atoms with Crippen LogP contribution in [0.4, 0.5) is 17.3 Å². The molecule has 0 atom stereocenters. The lowest BCUT2D eigenvalue weighted by Crippen LogP contribution is -2.49. The molecule has 43 heavy (non-hydrogen) atoms. The van der Waals surface area contributed by atoms with Crippen molar-refractivity contribution in [2.24, 2.45) is 0 Å². The van der Waals surface area contributed by atoms with E-state index in [1.165, 1.54) is 32.9 Å². The van der Waals surface area contributed by atoms with Crippen LogP contribution in [0.5, 0.6) is 0 Å². The van der Waals surface area contributed by atoms with Crippen molar-refractivity contribution in [1.29, 1.82) is 0 Å². The molecule has 3 aromatic heterocycles. The first-order chi connectivity index (χ1) is 20.8. The number of ether oxygens (including phenoxy) is 1. The first-order valence-corrected chi connectivity index (χ1v) is 15.0. The summed E-state index contributed by atoms with van der Waals surface area (Å²) in [5, 5.41) is 8.20. The number of morpholine rings is 1. The van der Waals surface area contributed by atoms with E-state index < -0.39 is 0 Å². The van der Waals surface area contributed by atoms with E-state index in [1.54, 1.807) is 16.8 Å². The molecule has 5 heterocycles. The number of aryl methyl sites for hydroxylation is 1. The van der Waals surface area contributed by atoms with Crippen LogP contribution in [0.3, 0.4) is 0 Å². The van der Waals surface area contributed by atoms with Gasteiger partial charge in [0.2, 0.25) is 5.95 Å². The Bertz CT molecular complexity index is 1740. The molecule has 1 aromatic carbocycles. The fourth-order valence-corrected chi connectivity index (χ4v) is 6.14. The van der Waals surface area contributed by atoms with E-state index in [1.807, 2.05) is 19.9 Å². The molecule has 2 aliphatic rings. The third kappa shape index (κ3) is 5.72. The van der Waals surface area contributed by atoms with Crippen LogP contribution in [-0.2, 0) is 11.3 Å². The molecule has 2 fully saturated rings. The van der Waals surface area contributed by atoms with Crippen LogP contribution in [0.2, 0.25) is 0 Å². The molecular formula is C31H39N9O3. The number of nitrogens with zero attached hydrogens (tertiary/aromatic N) is 8. The summed E-state index contributed by atoms with van der Waals surface area (Å²) >= 11 is 0. The number of rotatable bonds is 8. The maximum Gasteiger partial charge on any atom is 0.278 e. The Hall–Kier alpha value is -4.29. The van der Waals surface area contributed by atoms with Crippen LogP contribution in [0.1, 0.15) is 38.3 Å². The van der Waals surface area contributed by atoms with Gasteiger partial charge in [-0.3, -0.25) is 14.5 Å². The topological polar surface area (TPSA) is 115 Å². The number of piperidine rings is 1. The van der Waals surface area contributed by atoms with Crippen molar-refractivity contribution in [2.75, 3.05) is 49.6 Å². The van der Waals surface area contributed by atoms with Gasteiger partial charge < -0.3 is 15.0 Å². The van der Waals surface area contributed by atoms with Gasteiger partial charge in [0, 0.05) is 55.9 Å². The second-order valence-electron chi connectivity index (χ2n) is 11.5. The average molecular weight is 586 g/mol. The number of hydrogen-bond donors (Lipinski definition) is 1. The largest absolute Gasteiger partial charge is 0.379 e. The van der Waals surface area contributed by atoms with E-state index in [-0.39, 0.29) is 23.7 Å². The van der Waals surface area contributed by atoms with Crippen molar-refractivity contribution < 1.29 is 4.74 Å². The summed E-state index contributed by atoms with van der Waals surface area (Å²) in [5.74, 6) is 0.761. The number of anilines is 3. The Morgan fingerprint density at radius 1 is 1.09 bits per heavy atom. The molecule has 12 heteroatoms. The predicted molar refractivity (Wildman–Crippen MR) is 168 cm³/mol. The minimum atomic E-state index is -0.261. The SMILES string of the molecule is C=CCn1c(=O)c2cnc(Nc3ccc(N4CCC(N5CCOCC5)CC4)c(C)c3)nc2n1-c1ccc(=O)n(C(C)C)n1. The quantitative estimate of drug-likeness (QED) is 0.311. The highest BCUT2D eigenvalue weighted by Crippen LogP contribution is 2.29. The normalized spacial score (nSPS) is 16.7. The summed E-state index contributed by atoms with van der Waals surface area (Å²) in [6.45, 7) is 15.8. The van der Waals surface area contributed by atoms with E-state index in [0.29, 0.717) is 28.8 Å². The maximum absolute atomic E-state index is 13.3. The first kappa shape index (κ1) is 28.8. The highest BCUT2D eigenvalue weighted by atomic mass is 16.5. The molecule has 0 saturated carbocycles. The lowest BCUT2D eigenvalue weighted by atomic mass is 10.0. The van der Waals surface area contributed by atoms with Gasteiger partial charge in [-0.1, -0.05) is 6.08 Å². The van der Waals surface area contributed by atoms with Crippen LogP contribution in [0.25, 0.3) is 16.9 Å². The number of hydrogen-bond acceptors (Lipinski definition) is 9. The lowest BCUT2D eigenvalue weighted by Gasteiger charge is -2.41.